The first-order chi connectivity index (χ1) is 15.5. The van der Waals surface area contributed by atoms with Gasteiger partial charge in [-0.25, -0.2) is 4.39 Å². The van der Waals surface area contributed by atoms with Gasteiger partial charge in [0.05, 0.1) is 18.5 Å². The molecule has 0 aromatic heterocycles. The van der Waals surface area contributed by atoms with Gasteiger partial charge in [0, 0.05) is 23.1 Å². The fraction of sp³-hybridized carbons (Fsp3) is 0.231. The van der Waals surface area contributed by atoms with Gasteiger partial charge in [-0.1, -0.05) is 60.7 Å². The van der Waals surface area contributed by atoms with Crippen molar-refractivity contribution in [3.8, 4) is 0 Å². The van der Waals surface area contributed by atoms with Crippen LogP contribution in [0, 0.1) is 5.82 Å². The van der Waals surface area contributed by atoms with Gasteiger partial charge in [0.2, 0.25) is 0 Å². The second-order valence-electron chi connectivity index (χ2n) is 7.45. The van der Waals surface area contributed by atoms with Crippen LogP contribution in [0.4, 0.5) is 4.39 Å². The van der Waals surface area contributed by atoms with Crippen LogP contribution < -0.4 is 0 Å². The van der Waals surface area contributed by atoms with Crippen molar-refractivity contribution in [1.29, 1.82) is 0 Å². The maximum absolute atomic E-state index is 14.0. The van der Waals surface area contributed by atoms with E-state index in [1.165, 1.54) is 12.1 Å². The minimum atomic E-state index is -3.66. The summed E-state index contributed by atoms with van der Waals surface area (Å²) in [6.07, 6.45) is 0.283. The van der Waals surface area contributed by atoms with E-state index in [1.807, 2.05) is 60.7 Å². The summed E-state index contributed by atoms with van der Waals surface area (Å²) in [6, 6.07) is 25.6. The highest BCUT2D eigenvalue weighted by Crippen LogP contribution is 2.66. The Labute approximate surface area is 188 Å². The molecule has 4 rings (SSSR count). The van der Waals surface area contributed by atoms with Crippen molar-refractivity contribution in [1.82, 2.24) is 0 Å². The van der Waals surface area contributed by atoms with Crippen molar-refractivity contribution < 1.29 is 22.7 Å². The third kappa shape index (κ3) is 4.16. The monoisotopic (exact) mass is 452 g/mol. The summed E-state index contributed by atoms with van der Waals surface area (Å²) in [5.41, 5.74) is 1.53. The number of hydrogen-bond donors (Lipinski definition) is 0. The van der Waals surface area contributed by atoms with Crippen LogP contribution in [0.25, 0.3) is 5.76 Å². The Kier molecular flexibility index (Phi) is 6.61. The van der Waals surface area contributed by atoms with Gasteiger partial charge < -0.3 is 13.8 Å². The predicted molar refractivity (Wildman–Crippen MR) is 124 cm³/mol. The van der Waals surface area contributed by atoms with E-state index in [0.29, 0.717) is 16.6 Å². The lowest BCUT2D eigenvalue weighted by molar-refractivity contribution is 0.100. The maximum Gasteiger partial charge on any atom is 0.361 e. The highest BCUT2D eigenvalue weighted by molar-refractivity contribution is 7.58. The maximum atomic E-state index is 14.0. The van der Waals surface area contributed by atoms with Crippen molar-refractivity contribution in [2.45, 2.75) is 25.9 Å². The zero-order valence-electron chi connectivity index (χ0n) is 18.2. The highest BCUT2D eigenvalue weighted by Gasteiger charge is 2.50. The number of rotatable bonds is 8. The van der Waals surface area contributed by atoms with Crippen LogP contribution in [0.3, 0.4) is 0 Å². The quantitative estimate of drug-likeness (QED) is 0.341. The standard InChI is InChI=1S/C26H26FO4P/c1-3-29-32(28,30-4-2)24-19-26(21-11-7-5-8-12-21,22-13-9-6-10-14-22)31-25(24)20-15-17-23(27)18-16-20/h5-18H,3-4,19H2,1-2H3. The molecule has 166 valence electrons. The van der Waals surface area contributed by atoms with E-state index in [-0.39, 0.29) is 25.5 Å². The van der Waals surface area contributed by atoms with Crippen LogP contribution >= 0.6 is 7.60 Å². The topological polar surface area (TPSA) is 44.8 Å². The molecule has 3 aromatic carbocycles. The molecule has 4 nitrogen and oxygen atoms in total. The van der Waals surface area contributed by atoms with Crippen LogP contribution in [-0.2, 0) is 24.0 Å². The van der Waals surface area contributed by atoms with Gasteiger partial charge in [-0.2, -0.15) is 0 Å². The van der Waals surface area contributed by atoms with Gasteiger partial charge in [-0.05, 0) is 38.1 Å². The van der Waals surface area contributed by atoms with Crippen molar-refractivity contribution in [3.63, 3.8) is 0 Å². The van der Waals surface area contributed by atoms with Crippen LogP contribution in [0.2, 0.25) is 0 Å². The molecule has 3 aromatic rings. The Morgan fingerprint density at radius 3 is 1.81 bits per heavy atom. The first-order valence-electron chi connectivity index (χ1n) is 10.7. The first-order valence-corrected chi connectivity index (χ1v) is 12.3. The lowest BCUT2D eigenvalue weighted by atomic mass is 9.84. The second kappa shape index (κ2) is 9.41. The summed E-state index contributed by atoms with van der Waals surface area (Å²) in [4.78, 5) is 0. The molecule has 32 heavy (non-hydrogen) atoms. The number of benzene rings is 3. The minimum Gasteiger partial charge on any atom is -0.476 e. The minimum absolute atomic E-state index is 0.223. The van der Waals surface area contributed by atoms with Gasteiger partial charge in [0.1, 0.15) is 11.6 Å². The molecule has 0 N–H and O–H groups in total. The average molecular weight is 452 g/mol. The number of ether oxygens (including phenoxy) is 1. The van der Waals surface area contributed by atoms with Crippen molar-refractivity contribution >= 4 is 13.4 Å². The molecule has 0 unspecified atom stereocenters. The van der Waals surface area contributed by atoms with Crippen LogP contribution in [0.5, 0.6) is 0 Å². The summed E-state index contributed by atoms with van der Waals surface area (Å²) >= 11 is 0. The van der Waals surface area contributed by atoms with Crippen LogP contribution in [0.1, 0.15) is 37.0 Å². The van der Waals surface area contributed by atoms with E-state index < -0.39 is 13.2 Å². The highest BCUT2D eigenvalue weighted by atomic mass is 31.2. The molecule has 1 heterocycles. The summed E-state index contributed by atoms with van der Waals surface area (Å²) in [7, 11) is -3.66. The normalized spacial score (nSPS) is 15.6. The van der Waals surface area contributed by atoms with Gasteiger partial charge in [0.25, 0.3) is 0 Å². The van der Waals surface area contributed by atoms with Crippen LogP contribution in [0.15, 0.2) is 90.2 Å². The van der Waals surface area contributed by atoms with Gasteiger partial charge >= 0.3 is 7.60 Å². The van der Waals surface area contributed by atoms with E-state index in [1.54, 1.807) is 26.0 Å². The molecule has 0 amide bonds. The Bertz CT molecular complexity index is 1080. The van der Waals surface area contributed by atoms with Crippen LogP contribution in [-0.4, -0.2) is 13.2 Å². The molecule has 0 radical (unpaired) electrons. The molecule has 0 aliphatic carbocycles. The van der Waals surface area contributed by atoms with Gasteiger partial charge in [0.15, 0.2) is 5.60 Å². The second-order valence-corrected chi connectivity index (χ2v) is 9.50. The molecule has 0 bridgehead atoms. The van der Waals surface area contributed by atoms with E-state index >= 15 is 0 Å². The number of halogens is 1. The van der Waals surface area contributed by atoms with Crippen molar-refractivity contribution in [2.24, 2.45) is 0 Å². The third-order valence-electron chi connectivity index (χ3n) is 5.47. The fourth-order valence-corrected chi connectivity index (χ4v) is 5.98. The molecule has 1 aliphatic rings. The summed E-state index contributed by atoms with van der Waals surface area (Å²) < 4.78 is 45.8. The predicted octanol–water partition coefficient (Wildman–Crippen LogP) is 7.12. The molecule has 0 saturated heterocycles. The molecule has 0 atom stereocenters. The average Bonchev–Trinajstić information content (AvgIpc) is 3.24. The Hall–Kier alpha value is -2.72. The first kappa shape index (κ1) is 22.5. The largest absolute Gasteiger partial charge is 0.476 e. The Balaban J connectivity index is 1.94. The summed E-state index contributed by atoms with van der Waals surface area (Å²) in [6.45, 7) is 4.00. The molecule has 0 saturated carbocycles. The lowest BCUT2D eigenvalue weighted by Gasteiger charge is -2.31. The molecule has 0 spiro atoms. The molecule has 6 heteroatoms. The Morgan fingerprint density at radius 2 is 1.34 bits per heavy atom. The molecule has 0 fully saturated rings. The smallest absolute Gasteiger partial charge is 0.361 e. The lowest BCUT2D eigenvalue weighted by Crippen LogP contribution is -2.27. The fourth-order valence-electron chi connectivity index (χ4n) is 4.07. The van der Waals surface area contributed by atoms with E-state index in [0.717, 1.165) is 11.1 Å². The number of hydrogen-bond acceptors (Lipinski definition) is 4. The van der Waals surface area contributed by atoms with E-state index in [4.69, 9.17) is 13.8 Å². The summed E-state index contributed by atoms with van der Waals surface area (Å²) in [5.74, 6) is 0.0482. The van der Waals surface area contributed by atoms with Gasteiger partial charge in [-0.15, -0.1) is 0 Å². The third-order valence-corrected chi connectivity index (χ3v) is 7.69. The molecular weight excluding hydrogens is 426 g/mol. The van der Waals surface area contributed by atoms with Gasteiger partial charge in [-0.3, -0.25) is 4.57 Å². The van der Waals surface area contributed by atoms with Crippen molar-refractivity contribution in [3.05, 3.63) is 113 Å². The Morgan fingerprint density at radius 1 is 0.844 bits per heavy atom. The molecule has 1 aliphatic heterocycles. The summed E-state index contributed by atoms with van der Waals surface area (Å²) in [5, 5.41) is 0.459. The zero-order chi connectivity index (χ0) is 22.6. The molecular formula is C26H26FO4P. The van der Waals surface area contributed by atoms with E-state index in [2.05, 4.69) is 0 Å². The van der Waals surface area contributed by atoms with Crippen molar-refractivity contribution in [2.75, 3.05) is 13.2 Å². The van der Waals surface area contributed by atoms with E-state index in [9.17, 15) is 8.96 Å². The SMILES string of the molecule is CCOP(=O)(OCC)C1=C(c2ccc(F)cc2)OC(c2ccccc2)(c2ccccc2)C1. The zero-order valence-corrected chi connectivity index (χ0v) is 19.1.